The molecule has 0 aromatic heterocycles. The second-order valence-corrected chi connectivity index (χ2v) is 4.44. The Morgan fingerprint density at radius 1 is 1.38 bits per heavy atom. The summed E-state index contributed by atoms with van der Waals surface area (Å²) in [5, 5.41) is 0. The van der Waals surface area contributed by atoms with E-state index in [0.717, 1.165) is 17.7 Å². The number of hydrogen-bond acceptors (Lipinski definition) is 2. The Morgan fingerprint density at radius 2 is 2.08 bits per heavy atom. The zero-order chi connectivity index (χ0) is 9.68. The third-order valence-corrected chi connectivity index (χ3v) is 3.13. The molecule has 1 atom stereocenters. The lowest BCUT2D eigenvalue weighted by atomic mass is 10.2. The monoisotopic (exact) mass is 198 g/mol. The zero-order valence-electron chi connectivity index (χ0n) is 8.04. The third-order valence-electron chi connectivity index (χ3n) is 1.77. The molecule has 0 amide bonds. The summed E-state index contributed by atoms with van der Waals surface area (Å²) in [7, 11) is -1.86. The predicted octanol–water partition coefficient (Wildman–Crippen LogP) is 3.26. The van der Waals surface area contributed by atoms with Gasteiger partial charge in [-0.15, -0.1) is 0 Å². The van der Waals surface area contributed by atoms with Crippen molar-refractivity contribution in [3.8, 4) is 5.75 Å². The van der Waals surface area contributed by atoms with E-state index >= 15 is 0 Å². The minimum Gasteiger partial charge on any atom is -0.444 e. The zero-order valence-corrected chi connectivity index (χ0v) is 9.04. The van der Waals surface area contributed by atoms with E-state index in [4.69, 9.17) is 4.52 Å². The molecule has 0 spiro atoms. The fourth-order valence-electron chi connectivity index (χ4n) is 1.05. The third kappa shape index (κ3) is 3.23. The molecule has 1 aromatic rings. The molecule has 3 heteroatoms. The molecule has 72 valence electrons. The molecule has 1 unspecified atom stereocenters. The fourth-order valence-corrected chi connectivity index (χ4v) is 2.03. The number of hydrogen-bond donors (Lipinski definition) is 0. The molecule has 1 rings (SSSR count). The van der Waals surface area contributed by atoms with Crippen LogP contribution in [0.3, 0.4) is 0 Å². The van der Waals surface area contributed by atoms with Crippen LogP contribution in [-0.2, 0) is 4.57 Å². The maximum Gasteiger partial charge on any atom is 0.236 e. The van der Waals surface area contributed by atoms with Gasteiger partial charge in [0.1, 0.15) is 5.75 Å². The van der Waals surface area contributed by atoms with Crippen molar-refractivity contribution in [3.05, 3.63) is 29.8 Å². The van der Waals surface area contributed by atoms with Gasteiger partial charge in [0.05, 0.1) is 0 Å². The van der Waals surface area contributed by atoms with Gasteiger partial charge in [-0.05, 0) is 25.0 Å². The summed E-state index contributed by atoms with van der Waals surface area (Å²) < 4.78 is 16.7. The van der Waals surface area contributed by atoms with Crippen molar-refractivity contribution in [2.45, 2.75) is 20.3 Å². The van der Waals surface area contributed by atoms with Crippen LogP contribution in [0.15, 0.2) is 24.3 Å². The Bertz CT molecular complexity index is 297. The Hall–Kier alpha value is -0.750. The fraction of sp³-hybridized carbons (Fsp3) is 0.400. The van der Waals surface area contributed by atoms with Crippen LogP contribution < -0.4 is 4.52 Å². The van der Waals surface area contributed by atoms with Crippen LogP contribution in [0, 0.1) is 6.92 Å². The highest BCUT2D eigenvalue weighted by molar-refractivity contribution is 7.39. The molecule has 13 heavy (non-hydrogen) atoms. The first kappa shape index (κ1) is 10.3. The summed E-state index contributed by atoms with van der Waals surface area (Å²) >= 11 is 0. The second-order valence-electron chi connectivity index (χ2n) is 2.99. The largest absolute Gasteiger partial charge is 0.444 e. The highest BCUT2D eigenvalue weighted by atomic mass is 31.1. The van der Waals surface area contributed by atoms with Gasteiger partial charge in [0.25, 0.3) is 0 Å². The Labute approximate surface area is 79.8 Å². The first-order chi connectivity index (χ1) is 6.24. The Morgan fingerprint density at radius 3 is 2.69 bits per heavy atom. The molecule has 2 nitrogen and oxygen atoms in total. The molecule has 0 saturated heterocycles. The smallest absolute Gasteiger partial charge is 0.236 e. The number of aryl methyl sites for hydroxylation is 1. The van der Waals surface area contributed by atoms with Crippen LogP contribution in [0.1, 0.15) is 18.9 Å². The first-order valence-corrected chi connectivity index (χ1v) is 6.02. The van der Waals surface area contributed by atoms with Gasteiger partial charge in [0, 0.05) is 6.16 Å². The number of benzene rings is 1. The summed E-state index contributed by atoms with van der Waals surface area (Å²) in [6.07, 6.45) is 1.57. The Balaban J connectivity index is 2.63. The van der Waals surface area contributed by atoms with Gasteiger partial charge in [-0.2, -0.15) is 0 Å². The van der Waals surface area contributed by atoms with Gasteiger partial charge >= 0.3 is 0 Å². The normalized spacial score (nSPS) is 12.5. The van der Waals surface area contributed by atoms with E-state index in [2.05, 4.69) is 0 Å². The molecule has 0 N–H and O–H groups in total. The molecule has 0 saturated carbocycles. The summed E-state index contributed by atoms with van der Waals surface area (Å²) in [5.41, 5.74) is 1.04. The van der Waals surface area contributed by atoms with Crippen LogP contribution in [0.4, 0.5) is 0 Å². The maximum absolute atomic E-state index is 11.3. The minimum absolute atomic E-state index is 0.666. The van der Waals surface area contributed by atoms with Crippen molar-refractivity contribution in [2.24, 2.45) is 0 Å². The SMILES string of the molecule is CCC[PH](=O)Oc1ccccc1C. The topological polar surface area (TPSA) is 26.3 Å². The van der Waals surface area contributed by atoms with Crippen LogP contribution in [0.2, 0.25) is 0 Å². The van der Waals surface area contributed by atoms with E-state index in [-0.39, 0.29) is 0 Å². The van der Waals surface area contributed by atoms with E-state index in [1.165, 1.54) is 0 Å². The van der Waals surface area contributed by atoms with Gasteiger partial charge in [0.2, 0.25) is 8.03 Å². The van der Waals surface area contributed by atoms with Crippen molar-refractivity contribution in [2.75, 3.05) is 6.16 Å². The minimum atomic E-state index is -1.86. The number of rotatable bonds is 4. The van der Waals surface area contributed by atoms with Gasteiger partial charge in [-0.3, -0.25) is 4.57 Å². The van der Waals surface area contributed by atoms with Crippen LogP contribution in [0.25, 0.3) is 0 Å². The molecule has 0 bridgehead atoms. The second kappa shape index (κ2) is 5.08. The highest BCUT2D eigenvalue weighted by Gasteiger charge is 2.02. The van der Waals surface area contributed by atoms with Crippen molar-refractivity contribution in [1.29, 1.82) is 0 Å². The molecular formula is C10H15O2P. The van der Waals surface area contributed by atoms with E-state index in [0.29, 0.717) is 6.16 Å². The Kier molecular flexibility index (Phi) is 4.04. The van der Waals surface area contributed by atoms with Crippen molar-refractivity contribution >= 4 is 8.03 Å². The standard InChI is InChI=1S/C10H15O2P/c1-3-8-13(11)12-10-7-5-4-6-9(10)2/h4-7,13H,3,8H2,1-2H3. The van der Waals surface area contributed by atoms with E-state index < -0.39 is 8.03 Å². The molecule has 1 aromatic carbocycles. The van der Waals surface area contributed by atoms with Crippen molar-refractivity contribution < 1.29 is 9.09 Å². The maximum atomic E-state index is 11.3. The average molecular weight is 198 g/mol. The molecule has 0 radical (unpaired) electrons. The lowest BCUT2D eigenvalue weighted by molar-refractivity contribution is 0.502. The summed E-state index contributed by atoms with van der Waals surface area (Å²) in [6.45, 7) is 3.96. The van der Waals surface area contributed by atoms with Gasteiger partial charge in [0.15, 0.2) is 0 Å². The van der Waals surface area contributed by atoms with Crippen molar-refractivity contribution in [1.82, 2.24) is 0 Å². The molecule has 0 aliphatic heterocycles. The van der Waals surface area contributed by atoms with E-state index in [1.54, 1.807) is 0 Å². The molecule has 0 aliphatic carbocycles. The van der Waals surface area contributed by atoms with Crippen molar-refractivity contribution in [3.63, 3.8) is 0 Å². The molecule has 0 heterocycles. The summed E-state index contributed by atoms with van der Waals surface area (Å²) in [5.74, 6) is 0.750. The average Bonchev–Trinajstić information content (AvgIpc) is 2.09. The summed E-state index contributed by atoms with van der Waals surface area (Å²) in [6, 6.07) is 7.65. The lowest BCUT2D eigenvalue weighted by Gasteiger charge is -2.07. The number of para-hydroxylation sites is 1. The summed E-state index contributed by atoms with van der Waals surface area (Å²) in [4.78, 5) is 0. The van der Waals surface area contributed by atoms with Gasteiger partial charge in [-0.1, -0.05) is 25.1 Å². The molecule has 0 aliphatic rings. The molecular weight excluding hydrogens is 183 g/mol. The van der Waals surface area contributed by atoms with E-state index in [1.807, 2.05) is 38.1 Å². The van der Waals surface area contributed by atoms with Crippen LogP contribution >= 0.6 is 8.03 Å². The van der Waals surface area contributed by atoms with Crippen LogP contribution in [-0.4, -0.2) is 6.16 Å². The van der Waals surface area contributed by atoms with Gasteiger partial charge in [-0.25, -0.2) is 0 Å². The predicted molar refractivity (Wildman–Crippen MR) is 56.0 cm³/mol. The lowest BCUT2D eigenvalue weighted by Crippen LogP contribution is -1.87. The quantitative estimate of drug-likeness (QED) is 0.694. The van der Waals surface area contributed by atoms with Gasteiger partial charge < -0.3 is 4.52 Å². The molecule has 0 fully saturated rings. The first-order valence-electron chi connectivity index (χ1n) is 4.50. The van der Waals surface area contributed by atoms with Crippen LogP contribution in [0.5, 0.6) is 5.75 Å². The highest BCUT2D eigenvalue weighted by Crippen LogP contribution is 2.29. The van der Waals surface area contributed by atoms with E-state index in [9.17, 15) is 4.57 Å².